The van der Waals surface area contributed by atoms with E-state index in [2.05, 4.69) is 19.2 Å². The van der Waals surface area contributed by atoms with Gasteiger partial charge in [0.05, 0.1) is 0 Å². The molecule has 0 saturated carbocycles. The van der Waals surface area contributed by atoms with Crippen LogP contribution in [-0.4, -0.2) is 5.91 Å². The number of amides is 1. The Morgan fingerprint density at radius 1 is 1.09 bits per heavy atom. The lowest BCUT2D eigenvalue weighted by Gasteiger charge is -2.06. The highest BCUT2D eigenvalue weighted by Crippen LogP contribution is 2.16. The van der Waals surface area contributed by atoms with Crippen LogP contribution in [-0.2, 0) is 4.79 Å². The zero-order valence-electron chi connectivity index (χ0n) is 12.7. The van der Waals surface area contributed by atoms with Crippen LogP contribution in [0.25, 0.3) is 6.08 Å². The molecule has 110 valence electrons. The standard InChI is InChI=1S/C19H18N2O/c1-14(2)16-10-8-15(9-11-16)12-17(13-20)19(22)21-18-6-4-3-5-7-18/h3-12,14H,1-2H3,(H,21,22)/b17-12-. The van der Waals surface area contributed by atoms with Crippen LogP contribution < -0.4 is 5.32 Å². The lowest BCUT2D eigenvalue weighted by atomic mass is 10.0. The topological polar surface area (TPSA) is 52.9 Å². The summed E-state index contributed by atoms with van der Waals surface area (Å²) in [5.74, 6) is 0.0523. The van der Waals surface area contributed by atoms with Crippen LogP contribution in [0.5, 0.6) is 0 Å². The molecule has 1 amide bonds. The molecule has 0 aromatic heterocycles. The Bertz CT molecular complexity index is 707. The summed E-state index contributed by atoms with van der Waals surface area (Å²) in [4.78, 5) is 12.1. The molecule has 0 heterocycles. The molecule has 2 rings (SSSR count). The van der Waals surface area contributed by atoms with Gasteiger partial charge in [-0.05, 0) is 35.3 Å². The molecule has 0 atom stereocenters. The Morgan fingerprint density at radius 2 is 1.73 bits per heavy atom. The van der Waals surface area contributed by atoms with Crippen LogP contribution in [0.1, 0.15) is 30.9 Å². The summed E-state index contributed by atoms with van der Waals surface area (Å²) in [5.41, 5.74) is 2.82. The average Bonchev–Trinajstić information content (AvgIpc) is 2.53. The van der Waals surface area contributed by atoms with Gasteiger partial charge in [0.25, 0.3) is 5.91 Å². The lowest BCUT2D eigenvalue weighted by Crippen LogP contribution is -2.13. The second kappa shape index (κ2) is 7.24. The second-order valence-corrected chi connectivity index (χ2v) is 5.31. The Hall–Kier alpha value is -2.86. The monoisotopic (exact) mass is 290 g/mol. The third-order valence-electron chi connectivity index (χ3n) is 3.31. The minimum Gasteiger partial charge on any atom is -0.321 e. The molecule has 0 spiro atoms. The molecule has 2 aromatic rings. The Morgan fingerprint density at radius 3 is 2.27 bits per heavy atom. The molecule has 3 heteroatoms. The molecule has 0 radical (unpaired) electrons. The third kappa shape index (κ3) is 4.07. The van der Waals surface area contributed by atoms with Gasteiger partial charge in [0.15, 0.2) is 0 Å². The predicted octanol–water partition coefficient (Wildman–Crippen LogP) is 4.36. The molecule has 0 aliphatic rings. The second-order valence-electron chi connectivity index (χ2n) is 5.31. The molecule has 3 nitrogen and oxygen atoms in total. The fourth-order valence-corrected chi connectivity index (χ4v) is 2.01. The van der Waals surface area contributed by atoms with Crippen molar-refractivity contribution >= 4 is 17.7 Å². The predicted molar refractivity (Wildman–Crippen MR) is 89.2 cm³/mol. The van der Waals surface area contributed by atoms with E-state index in [1.807, 2.05) is 48.5 Å². The van der Waals surface area contributed by atoms with E-state index < -0.39 is 5.91 Å². The number of nitrogens with zero attached hydrogens (tertiary/aromatic N) is 1. The van der Waals surface area contributed by atoms with E-state index in [1.165, 1.54) is 5.56 Å². The van der Waals surface area contributed by atoms with Crippen LogP contribution >= 0.6 is 0 Å². The van der Waals surface area contributed by atoms with Gasteiger partial charge in [-0.2, -0.15) is 5.26 Å². The Labute approximate surface area is 130 Å². The summed E-state index contributed by atoms with van der Waals surface area (Å²) in [6, 6.07) is 18.9. The van der Waals surface area contributed by atoms with E-state index in [0.29, 0.717) is 11.6 Å². The van der Waals surface area contributed by atoms with E-state index in [0.717, 1.165) is 5.56 Å². The van der Waals surface area contributed by atoms with Gasteiger partial charge in [-0.1, -0.05) is 56.3 Å². The van der Waals surface area contributed by atoms with Crippen molar-refractivity contribution in [1.82, 2.24) is 0 Å². The number of nitriles is 1. The number of nitrogens with one attached hydrogen (secondary N) is 1. The van der Waals surface area contributed by atoms with Crippen molar-refractivity contribution in [2.75, 3.05) is 5.32 Å². The largest absolute Gasteiger partial charge is 0.321 e. The van der Waals surface area contributed by atoms with E-state index in [-0.39, 0.29) is 5.57 Å². The SMILES string of the molecule is CC(C)c1ccc(/C=C(/C#N)C(=O)Nc2ccccc2)cc1. The number of rotatable bonds is 4. The zero-order chi connectivity index (χ0) is 15.9. The number of hydrogen-bond acceptors (Lipinski definition) is 2. The molecular weight excluding hydrogens is 272 g/mol. The molecule has 0 saturated heterocycles. The molecule has 2 aromatic carbocycles. The highest BCUT2D eigenvalue weighted by molar-refractivity contribution is 6.09. The lowest BCUT2D eigenvalue weighted by molar-refractivity contribution is -0.112. The average molecular weight is 290 g/mol. The van der Waals surface area contributed by atoms with Crippen molar-refractivity contribution in [3.05, 3.63) is 71.3 Å². The zero-order valence-corrected chi connectivity index (χ0v) is 12.7. The van der Waals surface area contributed by atoms with Gasteiger partial charge >= 0.3 is 0 Å². The molecule has 1 N–H and O–H groups in total. The van der Waals surface area contributed by atoms with Crippen LogP contribution in [0.2, 0.25) is 0 Å². The summed E-state index contributed by atoms with van der Waals surface area (Å²) < 4.78 is 0. The fraction of sp³-hybridized carbons (Fsp3) is 0.158. The molecule has 0 aliphatic heterocycles. The van der Waals surface area contributed by atoms with E-state index in [1.54, 1.807) is 18.2 Å². The first-order valence-electron chi connectivity index (χ1n) is 7.18. The van der Waals surface area contributed by atoms with Crippen LogP contribution in [0.4, 0.5) is 5.69 Å². The highest BCUT2D eigenvalue weighted by Gasteiger charge is 2.09. The van der Waals surface area contributed by atoms with Crippen molar-refractivity contribution in [3.8, 4) is 6.07 Å². The quantitative estimate of drug-likeness (QED) is 0.672. The molecule has 0 fully saturated rings. The minimum absolute atomic E-state index is 0.0844. The van der Waals surface area contributed by atoms with Gasteiger partial charge in [0, 0.05) is 5.69 Å². The van der Waals surface area contributed by atoms with Gasteiger partial charge in [-0.3, -0.25) is 4.79 Å². The van der Waals surface area contributed by atoms with Crippen molar-refractivity contribution in [3.63, 3.8) is 0 Å². The normalized spacial score (nSPS) is 11.1. The van der Waals surface area contributed by atoms with Gasteiger partial charge in [0.2, 0.25) is 0 Å². The molecule has 0 bridgehead atoms. The number of para-hydroxylation sites is 1. The maximum atomic E-state index is 12.1. The summed E-state index contributed by atoms with van der Waals surface area (Å²) in [7, 11) is 0. The smallest absolute Gasteiger partial charge is 0.266 e. The van der Waals surface area contributed by atoms with Crippen LogP contribution in [0, 0.1) is 11.3 Å². The van der Waals surface area contributed by atoms with E-state index >= 15 is 0 Å². The van der Waals surface area contributed by atoms with E-state index in [4.69, 9.17) is 0 Å². The number of carbonyl (C=O) groups is 1. The number of anilines is 1. The van der Waals surface area contributed by atoms with Gasteiger partial charge in [-0.25, -0.2) is 0 Å². The maximum absolute atomic E-state index is 12.1. The van der Waals surface area contributed by atoms with Gasteiger partial charge < -0.3 is 5.32 Å². The van der Waals surface area contributed by atoms with Crippen molar-refractivity contribution in [1.29, 1.82) is 5.26 Å². The minimum atomic E-state index is -0.401. The first kappa shape index (κ1) is 15.5. The van der Waals surface area contributed by atoms with Crippen LogP contribution in [0.3, 0.4) is 0 Å². The molecular formula is C19H18N2O. The van der Waals surface area contributed by atoms with Crippen molar-refractivity contribution in [2.45, 2.75) is 19.8 Å². The van der Waals surface area contributed by atoms with Crippen molar-refractivity contribution in [2.24, 2.45) is 0 Å². The summed E-state index contributed by atoms with van der Waals surface area (Å²) in [5, 5.41) is 11.9. The fourth-order valence-electron chi connectivity index (χ4n) is 2.01. The molecule has 0 unspecified atom stereocenters. The number of benzene rings is 2. The third-order valence-corrected chi connectivity index (χ3v) is 3.31. The van der Waals surface area contributed by atoms with Gasteiger partial charge in [0.1, 0.15) is 11.6 Å². The summed E-state index contributed by atoms with van der Waals surface area (Å²) in [6.07, 6.45) is 1.60. The van der Waals surface area contributed by atoms with E-state index in [9.17, 15) is 10.1 Å². The van der Waals surface area contributed by atoms with Crippen LogP contribution in [0.15, 0.2) is 60.2 Å². The number of carbonyl (C=O) groups excluding carboxylic acids is 1. The summed E-state index contributed by atoms with van der Waals surface area (Å²) >= 11 is 0. The molecule has 22 heavy (non-hydrogen) atoms. The van der Waals surface area contributed by atoms with Gasteiger partial charge in [-0.15, -0.1) is 0 Å². The first-order valence-corrected chi connectivity index (χ1v) is 7.18. The summed E-state index contributed by atoms with van der Waals surface area (Å²) in [6.45, 7) is 4.25. The maximum Gasteiger partial charge on any atom is 0.266 e. The van der Waals surface area contributed by atoms with Crippen molar-refractivity contribution < 1.29 is 4.79 Å². The molecule has 0 aliphatic carbocycles. The first-order chi connectivity index (χ1) is 10.6. The Balaban J connectivity index is 2.16. The highest BCUT2D eigenvalue weighted by atomic mass is 16.1. The number of hydrogen-bond donors (Lipinski definition) is 1. The Kier molecular flexibility index (Phi) is 5.11.